The van der Waals surface area contributed by atoms with Gasteiger partial charge in [-0.1, -0.05) is 11.6 Å². The molecule has 11 nitrogen and oxygen atoms in total. The molecule has 13 heteroatoms. The summed E-state index contributed by atoms with van der Waals surface area (Å²) in [6.45, 7) is -2.88. The normalized spacial score (nSPS) is 12.4. The predicted octanol–water partition coefficient (Wildman–Crippen LogP) is 3.48. The average molecular weight is 530 g/mol. The molecule has 1 amide bonds. The van der Waals surface area contributed by atoms with Gasteiger partial charge in [-0.05, 0) is 35.9 Å². The smallest absolute Gasteiger partial charge is 0.273 e. The monoisotopic (exact) mass is 529 g/mol. The summed E-state index contributed by atoms with van der Waals surface area (Å²) in [5.41, 5.74) is 7.58. The van der Waals surface area contributed by atoms with Crippen molar-refractivity contribution < 1.29 is 22.8 Å². The Morgan fingerprint density at radius 2 is 2.05 bits per heavy atom. The predicted molar refractivity (Wildman–Crippen MR) is 136 cm³/mol. The van der Waals surface area contributed by atoms with Gasteiger partial charge in [0, 0.05) is 36.0 Å². The third-order valence-electron chi connectivity index (χ3n) is 5.15. The first kappa shape index (κ1) is 21.9. The fourth-order valence-electron chi connectivity index (χ4n) is 3.54. The summed E-state index contributed by atoms with van der Waals surface area (Å²) in [5.74, 6) is -1.03. The fraction of sp³-hybridized carbons (Fsp3) is 0.208. The number of hydrogen-bond donors (Lipinski definition) is 3. The van der Waals surface area contributed by atoms with Crippen molar-refractivity contribution in [1.82, 2.24) is 30.3 Å². The van der Waals surface area contributed by atoms with E-state index in [0.717, 1.165) is 0 Å². The number of anilines is 3. The zero-order valence-electron chi connectivity index (χ0n) is 22.7. The number of benzene rings is 1. The maximum atomic E-state index is 14.1. The quantitative estimate of drug-likeness (QED) is 0.297. The topological polar surface area (TPSA) is 142 Å². The van der Waals surface area contributed by atoms with E-state index in [1.807, 2.05) is 5.32 Å². The van der Waals surface area contributed by atoms with Crippen LogP contribution in [0.4, 0.5) is 21.6 Å². The number of aryl methyl sites for hydroxylation is 1. The fourth-order valence-corrected chi connectivity index (χ4v) is 3.68. The first-order valence-electron chi connectivity index (χ1n) is 12.3. The highest BCUT2D eigenvalue weighted by atomic mass is 35.5. The molecule has 4 rings (SSSR count). The van der Waals surface area contributed by atoms with Crippen molar-refractivity contribution in [3.8, 4) is 17.0 Å². The Hall–Kier alpha value is -4.29. The number of hydrogen-bond acceptors (Lipinski definition) is 9. The third kappa shape index (κ3) is 5.93. The van der Waals surface area contributed by atoms with E-state index in [2.05, 4.69) is 25.6 Å². The minimum Gasteiger partial charge on any atom is -0.494 e. The van der Waals surface area contributed by atoms with Crippen LogP contribution in [0.1, 0.15) is 25.9 Å². The van der Waals surface area contributed by atoms with Crippen LogP contribution in [0.3, 0.4) is 0 Å². The maximum Gasteiger partial charge on any atom is 0.273 e. The third-order valence-corrected chi connectivity index (χ3v) is 5.34. The Morgan fingerprint density at radius 1 is 1.22 bits per heavy atom. The highest BCUT2D eigenvalue weighted by molar-refractivity contribution is 6.29. The van der Waals surface area contributed by atoms with E-state index in [4.69, 9.17) is 30.9 Å². The van der Waals surface area contributed by atoms with Crippen LogP contribution in [-0.4, -0.2) is 45.0 Å². The van der Waals surface area contributed by atoms with Gasteiger partial charge in [0.2, 0.25) is 0 Å². The van der Waals surface area contributed by atoms with Crippen molar-refractivity contribution in [2.24, 2.45) is 7.05 Å². The summed E-state index contributed by atoms with van der Waals surface area (Å²) in [4.78, 5) is 16.6. The van der Waals surface area contributed by atoms with Gasteiger partial charge in [-0.15, -0.1) is 10.2 Å². The molecule has 0 saturated carbocycles. The number of nitrogens with two attached hydrogens (primary N) is 1. The molecule has 0 aliphatic carbocycles. The largest absolute Gasteiger partial charge is 0.494 e. The highest BCUT2D eigenvalue weighted by Gasteiger charge is 2.20. The lowest BCUT2D eigenvalue weighted by molar-refractivity contribution is 0.0958. The number of halogens is 2. The van der Waals surface area contributed by atoms with Gasteiger partial charge in [0.25, 0.3) is 5.91 Å². The van der Waals surface area contributed by atoms with E-state index < -0.39 is 18.7 Å². The second-order valence-electron chi connectivity index (χ2n) is 7.76. The van der Waals surface area contributed by atoms with Crippen LogP contribution in [0, 0.1) is 5.82 Å². The van der Waals surface area contributed by atoms with Gasteiger partial charge in [0.1, 0.15) is 17.3 Å². The van der Waals surface area contributed by atoms with Crippen LogP contribution < -0.4 is 21.1 Å². The van der Waals surface area contributed by atoms with Crippen LogP contribution in [-0.2, 0) is 25.0 Å². The number of pyridine rings is 1. The molecule has 0 fully saturated rings. The molecule has 4 aromatic rings. The molecule has 3 heterocycles. The van der Waals surface area contributed by atoms with E-state index in [9.17, 15) is 9.18 Å². The number of carbonyl (C=O) groups is 1. The second kappa shape index (κ2) is 11.2. The number of rotatable bonds is 9. The van der Waals surface area contributed by atoms with Crippen molar-refractivity contribution in [1.29, 1.82) is 0 Å². The molecule has 192 valence electrons. The Morgan fingerprint density at radius 3 is 2.78 bits per heavy atom. The number of nitrogen functional groups attached to an aromatic ring is 1. The van der Waals surface area contributed by atoms with Crippen LogP contribution in [0.25, 0.3) is 11.3 Å². The molecule has 37 heavy (non-hydrogen) atoms. The van der Waals surface area contributed by atoms with Crippen molar-refractivity contribution >= 4 is 34.7 Å². The molecular formula is C24H24ClFN8O3. The number of nitrogens with one attached hydrogen (secondary N) is 2. The molecule has 0 spiro atoms. The Kier molecular flexibility index (Phi) is 6.63. The molecule has 0 aliphatic rings. The summed E-state index contributed by atoms with van der Waals surface area (Å²) in [5, 5.41) is 16.8. The summed E-state index contributed by atoms with van der Waals surface area (Å²) < 4.78 is 49.2. The van der Waals surface area contributed by atoms with Gasteiger partial charge < -0.3 is 25.8 Å². The van der Waals surface area contributed by atoms with Crippen molar-refractivity contribution in [3.05, 3.63) is 70.5 Å². The molecule has 0 saturated heterocycles. The number of aromatic nitrogens is 5. The first-order valence-corrected chi connectivity index (χ1v) is 11.1. The lowest BCUT2D eigenvalue weighted by Crippen LogP contribution is -2.21. The Balaban J connectivity index is 1.72. The number of carbonyl (C=O) groups excluding carboxylic acids is 1. The van der Waals surface area contributed by atoms with Crippen molar-refractivity contribution in [3.63, 3.8) is 0 Å². The van der Waals surface area contributed by atoms with Crippen LogP contribution in [0.5, 0.6) is 5.75 Å². The highest BCUT2D eigenvalue weighted by Crippen LogP contribution is 2.39. The van der Waals surface area contributed by atoms with E-state index >= 15 is 0 Å². The lowest BCUT2D eigenvalue weighted by Gasteiger charge is -2.18. The summed E-state index contributed by atoms with van der Waals surface area (Å²) in [6, 6.07) is 9.12. The van der Waals surface area contributed by atoms with Gasteiger partial charge in [0.05, 0.1) is 37.4 Å². The molecule has 0 bridgehead atoms. The average Bonchev–Trinajstić information content (AvgIpc) is 3.31. The first-order chi connectivity index (χ1) is 18.9. The maximum absolute atomic E-state index is 14.1. The van der Waals surface area contributed by atoms with E-state index in [1.165, 1.54) is 25.3 Å². The van der Waals surface area contributed by atoms with Crippen LogP contribution >= 0.6 is 11.6 Å². The van der Waals surface area contributed by atoms with Gasteiger partial charge in [0.15, 0.2) is 16.6 Å². The summed E-state index contributed by atoms with van der Waals surface area (Å²) in [6.07, 6.45) is 1.75. The Bertz CT molecular complexity index is 1550. The molecular weight excluding hydrogens is 503 g/mol. The zero-order valence-corrected chi connectivity index (χ0v) is 20.5. The second-order valence-corrected chi connectivity index (χ2v) is 8.15. The number of ether oxygens (including phenoxy) is 2. The van der Waals surface area contributed by atoms with E-state index in [0.29, 0.717) is 28.3 Å². The summed E-state index contributed by atoms with van der Waals surface area (Å²) >= 11 is 6.04. The molecule has 0 unspecified atom stereocenters. The number of methoxy groups -OCH3 is 1. The van der Waals surface area contributed by atoms with Gasteiger partial charge in [-0.2, -0.15) is 5.10 Å². The molecule has 1 aromatic carbocycles. The number of nitrogens with zero attached hydrogens (tertiary/aromatic N) is 5. The molecule has 0 radical (unpaired) electrons. The lowest BCUT2D eigenvalue weighted by atomic mass is 10.0. The van der Waals surface area contributed by atoms with Crippen molar-refractivity contribution in [2.45, 2.75) is 13.2 Å². The molecule has 4 N–H and O–H groups in total. The van der Waals surface area contributed by atoms with E-state index in [1.54, 1.807) is 36.1 Å². The number of amides is 1. The minimum absolute atomic E-state index is 0.0240. The van der Waals surface area contributed by atoms with Gasteiger partial charge in [-0.3, -0.25) is 9.48 Å². The Labute approximate surface area is 221 Å². The van der Waals surface area contributed by atoms with Gasteiger partial charge in [-0.25, -0.2) is 9.37 Å². The zero-order chi connectivity index (χ0) is 29.0. The standard InChI is InChI=1S/C24H24ClFN8O3/c1-28-24(35)22-17(10-20(25)31-32-22)29-18-9-13(11-37-12-19-15(26)4-5-21(27)30-19)8-14(23(18)36-3)16-6-7-34(2)33-16/h4-10H,11-12H2,1-3H3,(H2,27,30)(H,28,35)(H,29,31)/i1D3. The van der Waals surface area contributed by atoms with Gasteiger partial charge >= 0.3 is 0 Å². The van der Waals surface area contributed by atoms with Crippen LogP contribution in [0.15, 0.2) is 42.6 Å². The van der Waals surface area contributed by atoms with Crippen LogP contribution in [0.2, 0.25) is 5.15 Å². The van der Waals surface area contributed by atoms with E-state index in [-0.39, 0.29) is 41.3 Å². The minimum atomic E-state index is -2.76. The summed E-state index contributed by atoms with van der Waals surface area (Å²) in [7, 11) is 3.22. The SMILES string of the molecule is [2H]C([2H])([2H])NC(=O)c1nnc(Cl)cc1Nc1cc(COCc2nc(N)ccc2F)cc(-c2ccn(C)n2)c1OC. The molecule has 0 aliphatic heterocycles. The van der Waals surface area contributed by atoms with Crippen molar-refractivity contribution in [2.75, 3.05) is 25.1 Å². The molecule has 0 atom stereocenters. The molecule has 3 aromatic heterocycles.